The van der Waals surface area contributed by atoms with Crippen LogP contribution in [0.5, 0.6) is 5.88 Å². The smallest absolute Gasteiger partial charge is 0.217 e. The molecule has 0 saturated carbocycles. The third kappa shape index (κ3) is 2.77. The molecule has 0 amide bonds. The summed E-state index contributed by atoms with van der Waals surface area (Å²) in [6.07, 6.45) is 0.145. The Labute approximate surface area is 80.3 Å². The first-order valence-corrected chi connectivity index (χ1v) is 4.55. The van der Waals surface area contributed by atoms with E-state index in [4.69, 9.17) is 4.74 Å². The van der Waals surface area contributed by atoms with Crippen LogP contribution < -0.4 is 4.74 Å². The highest BCUT2D eigenvalue weighted by atomic mass is 79.9. The van der Waals surface area contributed by atoms with Gasteiger partial charge in [0.25, 0.3) is 0 Å². The van der Waals surface area contributed by atoms with E-state index in [1.165, 1.54) is 0 Å². The number of hydrogen-bond donors (Lipinski definition) is 0. The lowest BCUT2D eigenvalue weighted by Gasteiger charge is -2.08. The minimum absolute atomic E-state index is 0.145. The summed E-state index contributed by atoms with van der Waals surface area (Å²) in [5, 5.41) is 0. The minimum atomic E-state index is 0.145. The lowest BCUT2D eigenvalue weighted by atomic mass is 10.5. The predicted octanol–water partition coefficient (Wildman–Crippen LogP) is 2.33. The summed E-state index contributed by atoms with van der Waals surface area (Å²) >= 11 is 3.27. The van der Waals surface area contributed by atoms with Crippen molar-refractivity contribution in [1.82, 2.24) is 9.97 Å². The van der Waals surface area contributed by atoms with Gasteiger partial charge < -0.3 is 4.74 Å². The van der Waals surface area contributed by atoms with E-state index in [1.54, 1.807) is 6.07 Å². The first-order valence-electron chi connectivity index (χ1n) is 3.76. The number of aromatic nitrogens is 2. The molecule has 4 heteroatoms. The van der Waals surface area contributed by atoms with Crippen LogP contribution in [0.3, 0.4) is 0 Å². The van der Waals surface area contributed by atoms with Crippen LogP contribution in [-0.2, 0) is 0 Å². The van der Waals surface area contributed by atoms with Crippen LogP contribution in [0.1, 0.15) is 19.7 Å². The Balaban J connectivity index is 2.85. The molecule has 1 aromatic heterocycles. The summed E-state index contributed by atoms with van der Waals surface area (Å²) in [7, 11) is 0. The molecule has 0 N–H and O–H groups in total. The largest absolute Gasteiger partial charge is 0.475 e. The van der Waals surface area contributed by atoms with Crippen molar-refractivity contribution in [2.45, 2.75) is 26.9 Å². The molecule has 1 heterocycles. The Bertz CT molecular complexity index is 256. The maximum absolute atomic E-state index is 5.39. The third-order valence-corrected chi connectivity index (χ3v) is 1.55. The highest BCUT2D eigenvalue weighted by Crippen LogP contribution is 2.14. The zero-order chi connectivity index (χ0) is 9.14. The number of rotatable bonds is 2. The second-order valence-corrected chi connectivity index (χ2v) is 3.56. The van der Waals surface area contributed by atoms with Gasteiger partial charge in [0.1, 0.15) is 10.4 Å². The average Bonchev–Trinajstić information content (AvgIpc) is 1.81. The van der Waals surface area contributed by atoms with E-state index in [-0.39, 0.29) is 6.10 Å². The summed E-state index contributed by atoms with van der Waals surface area (Å²) in [6.45, 7) is 5.76. The average molecular weight is 231 g/mol. The van der Waals surface area contributed by atoms with Crippen LogP contribution in [0.4, 0.5) is 0 Å². The molecule has 0 fully saturated rings. The minimum Gasteiger partial charge on any atom is -0.475 e. The van der Waals surface area contributed by atoms with Crippen molar-refractivity contribution < 1.29 is 4.74 Å². The third-order valence-electron chi connectivity index (χ3n) is 1.14. The molecular weight excluding hydrogens is 220 g/mol. The Morgan fingerprint density at radius 1 is 1.42 bits per heavy atom. The van der Waals surface area contributed by atoms with Gasteiger partial charge in [-0.05, 0) is 36.7 Å². The molecule has 0 radical (unpaired) electrons. The van der Waals surface area contributed by atoms with E-state index in [0.717, 1.165) is 4.60 Å². The van der Waals surface area contributed by atoms with E-state index in [9.17, 15) is 0 Å². The fourth-order valence-corrected chi connectivity index (χ4v) is 1.26. The summed E-state index contributed by atoms with van der Waals surface area (Å²) in [6, 6.07) is 1.76. The maximum Gasteiger partial charge on any atom is 0.217 e. The van der Waals surface area contributed by atoms with Crippen LogP contribution in [-0.4, -0.2) is 16.1 Å². The molecule has 12 heavy (non-hydrogen) atoms. The first-order chi connectivity index (χ1) is 5.58. The SMILES string of the molecule is Cc1nc(Br)cc(OC(C)C)n1. The normalized spacial score (nSPS) is 10.4. The van der Waals surface area contributed by atoms with E-state index >= 15 is 0 Å². The van der Waals surface area contributed by atoms with Crippen LogP contribution in [0.15, 0.2) is 10.7 Å². The number of nitrogens with zero attached hydrogens (tertiary/aromatic N) is 2. The zero-order valence-corrected chi connectivity index (χ0v) is 8.92. The van der Waals surface area contributed by atoms with Crippen molar-refractivity contribution in [3.63, 3.8) is 0 Å². The standard InChI is InChI=1S/C8H11BrN2O/c1-5(2)12-8-4-7(9)10-6(3)11-8/h4-5H,1-3H3. The number of halogens is 1. The molecule has 0 aliphatic carbocycles. The van der Waals surface area contributed by atoms with Gasteiger partial charge in [0.2, 0.25) is 5.88 Å². The van der Waals surface area contributed by atoms with E-state index < -0.39 is 0 Å². The van der Waals surface area contributed by atoms with Crippen molar-refractivity contribution in [3.8, 4) is 5.88 Å². The molecule has 1 rings (SSSR count). The lowest BCUT2D eigenvalue weighted by Crippen LogP contribution is -2.07. The van der Waals surface area contributed by atoms with E-state index in [0.29, 0.717) is 11.7 Å². The number of aryl methyl sites for hydroxylation is 1. The molecule has 66 valence electrons. The van der Waals surface area contributed by atoms with E-state index in [1.807, 2.05) is 20.8 Å². The van der Waals surface area contributed by atoms with Gasteiger partial charge >= 0.3 is 0 Å². The van der Waals surface area contributed by atoms with Gasteiger partial charge in [-0.15, -0.1) is 0 Å². The predicted molar refractivity (Wildman–Crippen MR) is 50.2 cm³/mol. The number of ether oxygens (including phenoxy) is 1. The topological polar surface area (TPSA) is 35.0 Å². The van der Waals surface area contributed by atoms with Crippen LogP contribution >= 0.6 is 15.9 Å². The second-order valence-electron chi connectivity index (χ2n) is 2.74. The Morgan fingerprint density at radius 3 is 2.58 bits per heavy atom. The van der Waals surface area contributed by atoms with Gasteiger partial charge in [0.05, 0.1) is 6.10 Å². The van der Waals surface area contributed by atoms with Gasteiger partial charge in [-0.3, -0.25) is 0 Å². The summed E-state index contributed by atoms with van der Waals surface area (Å²) < 4.78 is 6.15. The van der Waals surface area contributed by atoms with E-state index in [2.05, 4.69) is 25.9 Å². The molecular formula is C8H11BrN2O. The molecule has 0 bridgehead atoms. The van der Waals surface area contributed by atoms with Crippen molar-refractivity contribution in [1.29, 1.82) is 0 Å². The van der Waals surface area contributed by atoms with Crippen molar-refractivity contribution in [3.05, 3.63) is 16.5 Å². The lowest BCUT2D eigenvalue weighted by molar-refractivity contribution is 0.231. The highest BCUT2D eigenvalue weighted by molar-refractivity contribution is 9.10. The monoisotopic (exact) mass is 230 g/mol. The van der Waals surface area contributed by atoms with Gasteiger partial charge in [0.15, 0.2) is 0 Å². The summed E-state index contributed by atoms with van der Waals surface area (Å²) in [4.78, 5) is 8.18. The molecule has 3 nitrogen and oxygen atoms in total. The van der Waals surface area contributed by atoms with Crippen LogP contribution in [0.2, 0.25) is 0 Å². The molecule has 0 unspecified atom stereocenters. The van der Waals surface area contributed by atoms with Crippen molar-refractivity contribution >= 4 is 15.9 Å². The first kappa shape index (κ1) is 9.45. The Morgan fingerprint density at radius 2 is 2.08 bits per heavy atom. The summed E-state index contributed by atoms with van der Waals surface area (Å²) in [5.74, 6) is 1.32. The fourth-order valence-electron chi connectivity index (χ4n) is 0.807. The number of hydrogen-bond acceptors (Lipinski definition) is 3. The van der Waals surface area contributed by atoms with Gasteiger partial charge in [-0.2, -0.15) is 4.98 Å². The van der Waals surface area contributed by atoms with Crippen LogP contribution in [0, 0.1) is 6.92 Å². The van der Waals surface area contributed by atoms with Crippen LogP contribution in [0.25, 0.3) is 0 Å². The molecule has 0 aromatic carbocycles. The molecule has 0 aliphatic heterocycles. The quantitative estimate of drug-likeness (QED) is 0.732. The summed E-state index contributed by atoms with van der Waals surface area (Å²) in [5.41, 5.74) is 0. The Kier molecular flexibility index (Phi) is 3.03. The van der Waals surface area contributed by atoms with Gasteiger partial charge in [-0.1, -0.05) is 0 Å². The zero-order valence-electron chi connectivity index (χ0n) is 7.34. The second kappa shape index (κ2) is 3.85. The fraction of sp³-hybridized carbons (Fsp3) is 0.500. The highest BCUT2D eigenvalue weighted by Gasteiger charge is 2.01. The molecule has 0 spiro atoms. The Hall–Kier alpha value is -0.640. The van der Waals surface area contributed by atoms with Gasteiger partial charge in [0, 0.05) is 6.07 Å². The van der Waals surface area contributed by atoms with Crippen molar-refractivity contribution in [2.75, 3.05) is 0 Å². The molecule has 0 atom stereocenters. The van der Waals surface area contributed by atoms with Crippen molar-refractivity contribution in [2.24, 2.45) is 0 Å². The maximum atomic E-state index is 5.39. The molecule has 1 aromatic rings. The molecule has 0 aliphatic rings. The van der Waals surface area contributed by atoms with Gasteiger partial charge in [-0.25, -0.2) is 4.98 Å². The molecule has 0 saturated heterocycles.